The Morgan fingerprint density at radius 1 is 1.67 bits per heavy atom. The maximum absolute atomic E-state index is 12.8. The fraction of sp³-hybridized carbons (Fsp3) is 1.00. The van der Waals surface area contributed by atoms with Crippen molar-refractivity contribution in [1.29, 1.82) is 0 Å². The van der Waals surface area contributed by atoms with Crippen LogP contribution in [0.2, 0.25) is 0 Å². The minimum atomic E-state index is -3.20. The second-order valence-corrected chi connectivity index (χ2v) is 4.49. The zero-order valence-electron chi connectivity index (χ0n) is 7.02. The zero-order valence-corrected chi connectivity index (χ0v) is 8.61. The molecule has 0 spiro atoms. The molecule has 1 aliphatic heterocycles. The van der Waals surface area contributed by atoms with Crippen LogP contribution in [0.1, 0.15) is 13.3 Å². The summed E-state index contributed by atoms with van der Waals surface area (Å²) >= 11 is 2.21. The molecule has 2 unspecified atom stereocenters. The number of nitrogens with zero attached hydrogens (tertiary/aromatic N) is 1. The van der Waals surface area contributed by atoms with Crippen LogP contribution in [0.25, 0.3) is 0 Å². The van der Waals surface area contributed by atoms with Gasteiger partial charge in [-0.25, -0.2) is 0 Å². The number of likely N-dealkylation sites (tertiary alicyclic amines) is 1. The number of hydrogen-bond acceptors (Lipinski definition) is 2. The zero-order chi connectivity index (χ0) is 9.57. The fourth-order valence-corrected chi connectivity index (χ4v) is 1.77. The van der Waals surface area contributed by atoms with E-state index in [1.54, 1.807) is 11.9 Å². The van der Waals surface area contributed by atoms with Gasteiger partial charge < -0.3 is 10.0 Å². The smallest absolute Gasteiger partial charge is 0.330 e. The quantitative estimate of drug-likeness (QED) is 0.705. The Balaban J connectivity index is 2.77. The molecule has 0 bridgehead atoms. The molecule has 1 rings (SSSR count). The molecular weight excluding hydrogens is 232 g/mol. The lowest BCUT2D eigenvalue weighted by molar-refractivity contribution is -0.106. The summed E-state index contributed by atoms with van der Waals surface area (Å²) in [5.41, 5.74) is -1.92. The highest BCUT2D eigenvalue weighted by Gasteiger charge is 2.55. The Hall–Kier alpha value is 0.260. The van der Waals surface area contributed by atoms with Gasteiger partial charge in [-0.1, -0.05) is 0 Å². The summed E-state index contributed by atoms with van der Waals surface area (Å²) in [6, 6.07) is -0.00146. The van der Waals surface area contributed by atoms with Gasteiger partial charge in [-0.3, -0.25) is 0 Å². The summed E-state index contributed by atoms with van der Waals surface area (Å²) in [7, 11) is 1.72. The topological polar surface area (TPSA) is 23.5 Å². The molecule has 5 heteroatoms. The first kappa shape index (κ1) is 10.3. The third-order valence-electron chi connectivity index (χ3n) is 2.42. The maximum atomic E-state index is 12.8. The van der Waals surface area contributed by atoms with Crippen molar-refractivity contribution in [2.45, 2.75) is 29.8 Å². The average molecular weight is 244 g/mol. The van der Waals surface area contributed by atoms with Crippen LogP contribution in [0, 0.1) is 0 Å². The number of halogens is 3. The normalized spacial score (nSPS) is 39.0. The van der Waals surface area contributed by atoms with Gasteiger partial charge in [0.2, 0.25) is 0 Å². The Bertz CT molecular complexity index is 173. The van der Waals surface area contributed by atoms with Crippen LogP contribution in [-0.4, -0.2) is 40.1 Å². The number of alkyl halides is 3. The van der Waals surface area contributed by atoms with E-state index in [1.807, 2.05) is 6.92 Å². The van der Waals surface area contributed by atoms with Crippen LogP contribution in [-0.2, 0) is 0 Å². The van der Waals surface area contributed by atoms with Gasteiger partial charge in [0.25, 0.3) is 0 Å². The van der Waals surface area contributed by atoms with E-state index >= 15 is 0 Å². The van der Waals surface area contributed by atoms with Crippen molar-refractivity contribution in [1.82, 2.24) is 4.90 Å². The molecule has 0 amide bonds. The van der Waals surface area contributed by atoms with Gasteiger partial charge in [-0.05, 0) is 36.3 Å². The summed E-state index contributed by atoms with van der Waals surface area (Å²) in [5.74, 6) is 0. The van der Waals surface area contributed by atoms with Gasteiger partial charge >= 0.3 is 4.83 Å². The number of likely N-dealkylation sites (N-methyl/N-ethyl adjacent to an activating group) is 1. The van der Waals surface area contributed by atoms with Crippen molar-refractivity contribution in [3.8, 4) is 0 Å². The second-order valence-electron chi connectivity index (χ2n) is 3.50. The lowest BCUT2D eigenvalue weighted by Crippen LogP contribution is -2.45. The molecule has 2 atom stereocenters. The third kappa shape index (κ3) is 1.63. The Kier molecular flexibility index (Phi) is 2.49. The molecule has 2 nitrogen and oxygen atoms in total. The van der Waals surface area contributed by atoms with Crippen LogP contribution in [0.5, 0.6) is 0 Å². The molecule has 1 aliphatic rings. The van der Waals surface area contributed by atoms with Crippen molar-refractivity contribution in [2.24, 2.45) is 0 Å². The maximum Gasteiger partial charge on any atom is 0.330 e. The number of β-amino-alcohol motifs (C(OH)–C–C–N with tert-alkyl or cyclic N) is 1. The van der Waals surface area contributed by atoms with E-state index in [0.717, 1.165) is 0 Å². The van der Waals surface area contributed by atoms with Crippen molar-refractivity contribution in [2.75, 3.05) is 13.6 Å². The first-order valence-electron chi connectivity index (χ1n) is 3.75. The van der Waals surface area contributed by atoms with Crippen LogP contribution < -0.4 is 0 Å². The Morgan fingerprint density at radius 2 is 2.17 bits per heavy atom. The summed E-state index contributed by atoms with van der Waals surface area (Å²) in [4.78, 5) is -1.48. The highest BCUT2D eigenvalue weighted by Crippen LogP contribution is 2.42. The van der Waals surface area contributed by atoms with Crippen LogP contribution in [0.15, 0.2) is 0 Å². The summed E-state index contributed by atoms with van der Waals surface area (Å²) < 4.78 is 25.6. The molecule has 1 N–H and O–H groups in total. The van der Waals surface area contributed by atoms with Crippen molar-refractivity contribution < 1.29 is 13.9 Å². The molecule has 0 aliphatic carbocycles. The number of hydrogen-bond donors (Lipinski definition) is 1. The van der Waals surface area contributed by atoms with E-state index in [4.69, 9.17) is 0 Å². The lowest BCUT2D eigenvalue weighted by atomic mass is 10.0. The monoisotopic (exact) mass is 243 g/mol. The van der Waals surface area contributed by atoms with E-state index in [1.165, 1.54) is 0 Å². The minimum absolute atomic E-state index is 0.00146. The molecule has 12 heavy (non-hydrogen) atoms. The number of aliphatic hydroxyl groups is 1. The molecule has 0 aromatic rings. The standard InChI is InChI=1S/C7H12BrF2NO/c1-5-3-6(12,4-11(5)2)7(8,9)10/h5,12H,3-4H2,1-2H3. The summed E-state index contributed by atoms with van der Waals surface area (Å²) in [6.07, 6.45) is 0.0990. The van der Waals surface area contributed by atoms with Gasteiger partial charge in [0, 0.05) is 12.6 Å². The predicted octanol–water partition coefficient (Wildman–Crippen LogP) is 1.43. The fourth-order valence-electron chi connectivity index (χ4n) is 1.48. The Labute approximate surface area is 78.7 Å². The van der Waals surface area contributed by atoms with E-state index in [-0.39, 0.29) is 19.0 Å². The molecule has 1 saturated heterocycles. The van der Waals surface area contributed by atoms with Gasteiger partial charge in [0.15, 0.2) is 5.60 Å². The SMILES string of the molecule is CC1CC(O)(C(F)(F)Br)CN1C. The summed E-state index contributed by atoms with van der Waals surface area (Å²) in [5, 5.41) is 9.53. The van der Waals surface area contributed by atoms with E-state index in [9.17, 15) is 13.9 Å². The van der Waals surface area contributed by atoms with Gasteiger partial charge in [-0.15, -0.1) is 0 Å². The molecule has 1 fully saturated rings. The van der Waals surface area contributed by atoms with Crippen molar-refractivity contribution >= 4 is 15.9 Å². The molecule has 1 heterocycles. The van der Waals surface area contributed by atoms with Gasteiger partial charge in [-0.2, -0.15) is 8.78 Å². The van der Waals surface area contributed by atoms with E-state index in [2.05, 4.69) is 15.9 Å². The first-order valence-corrected chi connectivity index (χ1v) is 4.55. The second kappa shape index (κ2) is 2.89. The molecule has 0 aromatic heterocycles. The van der Waals surface area contributed by atoms with Crippen LogP contribution >= 0.6 is 15.9 Å². The van der Waals surface area contributed by atoms with Crippen molar-refractivity contribution in [3.05, 3.63) is 0 Å². The van der Waals surface area contributed by atoms with Crippen LogP contribution in [0.3, 0.4) is 0 Å². The highest BCUT2D eigenvalue weighted by atomic mass is 79.9. The molecule has 72 valence electrons. The highest BCUT2D eigenvalue weighted by molar-refractivity contribution is 9.10. The van der Waals surface area contributed by atoms with Crippen molar-refractivity contribution in [3.63, 3.8) is 0 Å². The predicted molar refractivity (Wildman–Crippen MR) is 45.5 cm³/mol. The van der Waals surface area contributed by atoms with E-state index in [0.29, 0.717) is 0 Å². The van der Waals surface area contributed by atoms with E-state index < -0.39 is 10.4 Å². The third-order valence-corrected chi connectivity index (χ3v) is 3.16. The van der Waals surface area contributed by atoms with Crippen LogP contribution in [0.4, 0.5) is 8.78 Å². The van der Waals surface area contributed by atoms with Gasteiger partial charge in [0.05, 0.1) is 0 Å². The molecule has 0 aromatic carbocycles. The first-order chi connectivity index (χ1) is 5.26. The lowest BCUT2D eigenvalue weighted by Gasteiger charge is -2.27. The molecular formula is C7H12BrF2NO. The number of rotatable bonds is 1. The molecule has 0 saturated carbocycles. The average Bonchev–Trinajstić information content (AvgIpc) is 2.06. The largest absolute Gasteiger partial charge is 0.381 e. The Morgan fingerprint density at radius 3 is 2.33 bits per heavy atom. The minimum Gasteiger partial charge on any atom is -0.381 e. The molecule has 0 radical (unpaired) electrons. The summed E-state index contributed by atoms with van der Waals surface area (Å²) in [6.45, 7) is 1.82. The van der Waals surface area contributed by atoms with Gasteiger partial charge in [0.1, 0.15) is 0 Å².